The zero-order chi connectivity index (χ0) is 15.4. The highest BCUT2D eigenvalue weighted by molar-refractivity contribution is 5.44. The van der Waals surface area contributed by atoms with Crippen molar-refractivity contribution in [2.75, 3.05) is 27.3 Å². The molecule has 0 spiro atoms. The van der Waals surface area contributed by atoms with Crippen molar-refractivity contribution < 1.29 is 9.47 Å². The Hall–Kier alpha value is -1.26. The Labute approximate surface area is 128 Å². The number of likely N-dealkylation sites (tertiary alicyclic amines) is 1. The third kappa shape index (κ3) is 3.33. The lowest BCUT2D eigenvalue weighted by atomic mass is 9.89. The Morgan fingerprint density at radius 3 is 2.57 bits per heavy atom. The van der Waals surface area contributed by atoms with E-state index >= 15 is 0 Å². The van der Waals surface area contributed by atoms with Crippen LogP contribution in [0.3, 0.4) is 0 Å². The fraction of sp³-hybridized carbons (Fsp3) is 0.647. The van der Waals surface area contributed by atoms with Crippen LogP contribution in [0.15, 0.2) is 18.2 Å². The van der Waals surface area contributed by atoms with Crippen LogP contribution in [-0.2, 0) is 0 Å². The Kier molecular flexibility index (Phi) is 5.48. The molecule has 0 aliphatic carbocycles. The minimum atomic E-state index is 0.238. The molecule has 4 heteroatoms. The van der Waals surface area contributed by atoms with Gasteiger partial charge in [-0.3, -0.25) is 4.90 Å². The van der Waals surface area contributed by atoms with Gasteiger partial charge in [0.25, 0.3) is 0 Å². The number of ether oxygens (including phenoxy) is 2. The number of hydrogen-bond acceptors (Lipinski definition) is 4. The van der Waals surface area contributed by atoms with Crippen LogP contribution in [-0.4, -0.2) is 38.3 Å². The Bertz CT molecular complexity index is 464. The summed E-state index contributed by atoms with van der Waals surface area (Å²) in [6.07, 6.45) is 2.55. The van der Waals surface area contributed by atoms with Gasteiger partial charge in [-0.05, 0) is 49.9 Å². The van der Waals surface area contributed by atoms with Crippen molar-refractivity contribution in [2.24, 2.45) is 11.7 Å². The maximum Gasteiger partial charge on any atom is 0.161 e. The molecule has 1 aromatic carbocycles. The molecule has 1 heterocycles. The number of nitrogens with zero attached hydrogens (tertiary/aromatic N) is 1. The second-order valence-electron chi connectivity index (χ2n) is 5.96. The lowest BCUT2D eigenvalue weighted by Gasteiger charge is -2.42. The monoisotopic (exact) mass is 292 g/mol. The number of methoxy groups -OCH3 is 2. The van der Waals surface area contributed by atoms with E-state index in [-0.39, 0.29) is 6.04 Å². The molecule has 2 N–H and O–H groups in total. The standard InChI is InChI=1S/C17H28N2O2/c1-12-6-5-9-19(13(12)2)15(11-18)14-7-8-16(20-3)17(10-14)21-4/h7-8,10,12-13,15H,5-6,9,11,18H2,1-4H3. The van der Waals surface area contributed by atoms with Crippen LogP contribution in [0.25, 0.3) is 0 Å². The topological polar surface area (TPSA) is 47.7 Å². The largest absolute Gasteiger partial charge is 0.493 e. The normalized spacial score (nSPS) is 24.6. The molecule has 3 atom stereocenters. The Morgan fingerprint density at radius 1 is 1.24 bits per heavy atom. The summed E-state index contributed by atoms with van der Waals surface area (Å²) in [5.41, 5.74) is 7.30. The smallest absolute Gasteiger partial charge is 0.161 e. The molecule has 2 rings (SSSR count). The van der Waals surface area contributed by atoms with Crippen molar-refractivity contribution >= 4 is 0 Å². The molecule has 1 aliphatic rings. The number of benzene rings is 1. The van der Waals surface area contributed by atoms with E-state index < -0.39 is 0 Å². The van der Waals surface area contributed by atoms with Gasteiger partial charge in [0, 0.05) is 18.6 Å². The highest BCUT2D eigenvalue weighted by Gasteiger charge is 2.30. The van der Waals surface area contributed by atoms with Gasteiger partial charge in [0.05, 0.1) is 14.2 Å². The van der Waals surface area contributed by atoms with Crippen molar-refractivity contribution in [3.63, 3.8) is 0 Å². The SMILES string of the molecule is COc1ccc(C(CN)N2CCCC(C)C2C)cc1OC. The van der Waals surface area contributed by atoms with E-state index in [1.54, 1.807) is 14.2 Å². The van der Waals surface area contributed by atoms with Gasteiger partial charge >= 0.3 is 0 Å². The first-order chi connectivity index (χ1) is 10.1. The summed E-state index contributed by atoms with van der Waals surface area (Å²) in [5.74, 6) is 2.25. The van der Waals surface area contributed by atoms with E-state index in [4.69, 9.17) is 15.2 Å². The van der Waals surface area contributed by atoms with Gasteiger partial charge in [0.2, 0.25) is 0 Å². The lowest BCUT2D eigenvalue weighted by Crippen LogP contribution is -2.46. The highest BCUT2D eigenvalue weighted by atomic mass is 16.5. The van der Waals surface area contributed by atoms with E-state index in [2.05, 4.69) is 30.9 Å². The summed E-state index contributed by atoms with van der Waals surface area (Å²) >= 11 is 0. The number of hydrogen-bond donors (Lipinski definition) is 1. The Balaban J connectivity index is 2.28. The number of piperidine rings is 1. The summed E-state index contributed by atoms with van der Waals surface area (Å²) < 4.78 is 10.7. The zero-order valence-electron chi connectivity index (χ0n) is 13.6. The first-order valence-electron chi connectivity index (χ1n) is 7.80. The maximum absolute atomic E-state index is 6.09. The van der Waals surface area contributed by atoms with Gasteiger partial charge in [-0.1, -0.05) is 13.0 Å². The predicted molar refractivity (Wildman–Crippen MR) is 85.9 cm³/mol. The molecule has 0 radical (unpaired) electrons. The van der Waals surface area contributed by atoms with Gasteiger partial charge in [-0.25, -0.2) is 0 Å². The van der Waals surface area contributed by atoms with Gasteiger partial charge in [-0.15, -0.1) is 0 Å². The molecular formula is C17H28N2O2. The van der Waals surface area contributed by atoms with Crippen molar-refractivity contribution in [1.29, 1.82) is 0 Å². The zero-order valence-corrected chi connectivity index (χ0v) is 13.6. The van der Waals surface area contributed by atoms with E-state index in [9.17, 15) is 0 Å². The van der Waals surface area contributed by atoms with Crippen LogP contribution >= 0.6 is 0 Å². The molecule has 21 heavy (non-hydrogen) atoms. The third-order valence-corrected chi connectivity index (χ3v) is 4.84. The first-order valence-corrected chi connectivity index (χ1v) is 7.80. The van der Waals surface area contributed by atoms with Crippen molar-refractivity contribution in [3.8, 4) is 11.5 Å². The lowest BCUT2D eigenvalue weighted by molar-refractivity contribution is 0.0708. The summed E-state index contributed by atoms with van der Waals surface area (Å²) in [6, 6.07) is 6.92. The first kappa shape index (κ1) is 16.1. The van der Waals surface area contributed by atoms with Crippen LogP contribution in [0.5, 0.6) is 11.5 Å². The average molecular weight is 292 g/mol. The van der Waals surface area contributed by atoms with E-state index in [1.165, 1.54) is 18.4 Å². The van der Waals surface area contributed by atoms with E-state index in [1.807, 2.05) is 6.07 Å². The van der Waals surface area contributed by atoms with E-state index in [0.717, 1.165) is 18.0 Å². The van der Waals surface area contributed by atoms with Crippen molar-refractivity contribution in [1.82, 2.24) is 4.90 Å². The molecule has 4 nitrogen and oxygen atoms in total. The fourth-order valence-electron chi connectivity index (χ4n) is 3.33. The molecule has 0 amide bonds. The second kappa shape index (κ2) is 7.14. The highest BCUT2D eigenvalue weighted by Crippen LogP contribution is 2.35. The Morgan fingerprint density at radius 2 is 1.95 bits per heavy atom. The van der Waals surface area contributed by atoms with Gasteiger partial charge in [0.15, 0.2) is 11.5 Å². The van der Waals surface area contributed by atoms with E-state index in [0.29, 0.717) is 18.5 Å². The summed E-state index contributed by atoms with van der Waals surface area (Å²) in [7, 11) is 3.33. The predicted octanol–water partition coefficient (Wildman–Crippen LogP) is 2.82. The number of nitrogens with two attached hydrogens (primary N) is 1. The second-order valence-corrected chi connectivity index (χ2v) is 5.96. The van der Waals surface area contributed by atoms with Gasteiger partial charge < -0.3 is 15.2 Å². The number of rotatable bonds is 5. The summed E-state index contributed by atoms with van der Waals surface area (Å²) in [6.45, 7) is 6.38. The van der Waals surface area contributed by atoms with Crippen LogP contribution in [0.2, 0.25) is 0 Å². The molecule has 3 unspecified atom stereocenters. The maximum atomic E-state index is 6.09. The fourth-order valence-corrected chi connectivity index (χ4v) is 3.33. The summed E-state index contributed by atoms with van der Waals surface area (Å²) in [5, 5.41) is 0. The molecule has 1 fully saturated rings. The third-order valence-electron chi connectivity index (χ3n) is 4.84. The molecule has 1 aliphatic heterocycles. The minimum absolute atomic E-state index is 0.238. The van der Waals surface area contributed by atoms with Crippen LogP contribution < -0.4 is 15.2 Å². The molecule has 0 aromatic heterocycles. The molecular weight excluding hydrogens is 264 g/mol. The molecule has 1 saturated heterocycles. The van der Waals surface area contributed by atoms with Crippen molar-refractivity contribution in [3.05, 3.63) is 23.8 Å². The van der Waals surface area contributed by atoms with Crippen LogP contribution in [0, 0.1) is 5.92 Å². The molecule has 0 bridgehead atoms. The molecule has 118 valence electrons. The van der Waals surface area contributed by atoms with Gasteiger partial charge in [-0.2, -0.15) is 0 Å². The average Bonchev–Trinajstić information content (AvgIpc) is 2.51. The molecule has 0 saturated carbocycles. The van der Waals surface area contributed by atoms with Crippen molar-refractivity contribution in [2.45, 2.75) is 38.8 Å². The summed E-state index contributed by atoms with van der Waals surface area (Å²) in [4.78, 5) is 2.54. The quantitative estimate of drug-likeness (QED) is 0.906. The van der Waals surface area contributed by atoms with Crippen LogP contribution in [0.1, 0.15) is 38.3 Å². The van der Waals surface area contributed by atoms with Gasteiger partial charge in [0.1, 0.15) is 0 Å². The minimum Gasteiger partial charge on any atom is -0.493 e. The van der Waals surface area contributed by atoms with Crippen LogP contribution in [0.4, 0.5) is 0 Å². The molecule has 1 aromatic rings.